The standard InChI is InChI=1S/C23H34O5/c1-13(24)23(27)10-8-18-17-6-5-15-11-16(28-14(2)25)7-9-21(15,3)20(17)19(26)12-22(18,23)4/h15-18,20,27H,5-12H2,1-4H3/t15-,16+,17?,18?,20?,21?,22?,23-/m0/s1. The molecule has 28 heavy (non-hydrogen) atoms. The Morgan fingerprint density at radius 2 is 1.79 bits per heavy atom. The maximum absolute atomic E-state index is 13.5. The van der Waals surface area contributed by atoms with Crippen LogP contribution in [0.5, 0.6) is 0 Å². The lowest BCUT2D eigenvalue weighted by atomic mass is 9.44. The van der Waals surface area contributed by atoms with Crippen molar-refractivity contribution in [3.8, 4) is 0 Å². The van der Waals surface area contributed by atoms with Crippen molar-refractivity contribution in [2.75, 3.05) is 0 Å². The number of hydrogen-bond donors (Lipinski definition) is 1. The van der Waals surface area contributed by atoms with Crippen molar-refractivity contribution in [1.29, 1.82) is 0 Å². The van der Waals surface area contributed by atoms with Crippen molar-refractivity contribution >= 4 is 17.5 Å². The fraction of sp³-hybridized carbons (Fsp3) is 0.870. The van der Waals surface area contributed by atoms with Crippen molar-refractivity contribution < 1.29 is 24.2 Å². The summed E-state index contributed by atoms with van der Waals surface area (Å²) in [5, 5.41) is 11.2. The van der Waals surface area contributed by atoms with Crippen LogP contribution in [0.3, 0.4) is 0 Å². The molecule has 0 spiro atoms. The van der Waals surface area contributed by atoms with E-state index in [1.165, 1.54) is 13.8 Å². The molecule has 4 aliphatic rings. The van der Waals surface area contributed by atoms with Crippen LogP contribution in [0.1, 0.15) is 79.1 Å². The number of esters is 1. The zero-order chi connectivity index (χ0) is 20.5. The van der Waals surface area contributed by atoms with Crippen LogP contribution in [-0.2, 0) is 19.1 Å². The summed E-state index contributed by atoms with van der Waals surface area (Å²) in [5.41, 5.74) is -2.05. The lowest BCUT2D eigenvalue weighted by Gasteiger charge is -2.60. The molecule has 0 amide bonds. The predicted molar refractivity (Wildman–Crippen MR) is 103 cm³/mol. The van der Waals surface area contributed by atoms with Gasteiger partial charge in [0.1, 0.15) is 17.5 Å². The summed E-state index contributed by atoms with van der Waals surface area (Å²) in [5.74, 6) is 0.722. The van der Waals surface area contributed by atoms with Crippen LogP contribution < -0.4 is 0 Å². The molecule has 0 aromatic heterocycles. The van der Waals surface area contributed by atoms with Crippen LogP contribution in [0, 0.1) is 34.5 Å². The molecule has 0 aromatic carbocycles. The SMILES string of the molecule is CC(=O)O[C@@H]1CCC2(C)C3C(=O)CC4(C)C(CC[C@]4(O)C(C)=O)C3CC[C@H]2C1. The van der Waals surface area contributed by atoms with Crippen LogP contribution in [0.4, 0.5) is 0 Å². The molecule has 4 rings (SSSR count). The Balaban J connectivity index is 1.63. The van der Waals surface area contributed by atoms with Gasteiger partial charge in [0.05, 0.1) is 0 Å². The quantitative estimate of drug-likeness (QED) is 0.730. The molecule has 5 nitrogen and oxygen atoms in total. The van der Waals surface area contributed by atoms with E-state index in [0.717, 1.165) is 38.5 Å². The molecule has 4 aliphatic carbocycles. The number of ether oxygens (including phenoxy) is 1. The molecular formula is C23H34O5. The van der Waals surface area contributed by atoms with Gasteiger partial charge in [-0.05, 0) is 75.0 Å². The van der Waals surface area contributed by atoms with E-state index in [-0.39, 0.29) is 46.8 Å². The number of rotatable bonds is 2. The highest BCUT2D eigenvalue weighted by Gasteiger charge is 2.68. The van der Waals surface area contributed by atoms with Gasteiger partial charge < -0.3 is 9.84 Å². The average Bonchev–Trinajstić information content (AvgIpc) is 2.86. The molecule has 0 aliphatic heterocycles. The molecule has 5 heteroatoms. The summed E-state index contributed by atoms with van der Waals surface area (Å²) in [6.45, 7) is 7.18. The van der Waals surface area contributed by atoms with E-state index in [1.807, 2.05) is 6.92 Å². The van der Waals surface area contributed by atoms with Crippen LogP contribution >= 0.6 is 0 Å². The van der Waals surface area contributed by atoms with E-state index in [4.69, 9.17) is 4.74 Å². The first-order chi connectivity index (χ1) is 13.0. The van der Waals surface area contributed by atoms with Gasteiger partial charge in [-0.2, -0.15) is 0 Å². The number of aliphatic hydroxyl groups is 1. The van der Waals surface area contributed by atoms with Crippen LogP contribution in [-0.4, -0.2) is 34.3 Å². The van der Waals surface area contributed by atoms with Gasteiger partial charge in [-0.25, -0.2) is 0 Å². The van der Waals surface area contributed by atoms with Gasteiger partial charge in [-0.1, -0.05) is 13.8 Å². The number of fused-ring (bicyclic) bond motifs is 5. The van der Waals surface area contributed by atoms with Crippen LogP contribution in [0.25, 0.3) is 0 Å². The number of carbonyl (C=O) groups is 3. The van der Waals surface area contributed by atoms with E-state index in [2.05, 4.69) is 6.92 Å². The molecule has 8 atom stereocenters. The van der Waals surface area contributed by atoms with E-state index < -0.39 is 11.0 Å². The van der Waals surface area contributed by atoms with E-state index in [1.54, 1.807) is 0 Å². The molecule has 0 radical (unpaired) electrons. The molecule has 4 saturated carbocycles. The highest BCUT2D eigenvalue weighted by Crippen LogP contribution is 2.67. The minimum absolute atomic E-state index is 0.0110. The van der Waals surface area contributed by atoms with E-state index in [0.29, 0.717) is 18.8 Å². The number of hydrogen-bond acceptors (Lipinski definition) is 5. The zero-order valence-electron chi connectivity index (χ0n) is 17.6. The second-order valence-electron chi connectivity index (χ2n) is 10.5. The highest BCUT2D eigenvalue weighted by atomic mass is 16.5. The molecule has 5 unspecified atom stereocenters. The number of Topliss-reactive ketones (excluding diaryl/α,β-unsaturated/α-hetero) is 2. The number of carbonyl (C=O) groups excluding carboxylic acids is 3. The first kappa shape index (κ1) is 20.1. The monoisotopic (exact) mass is 390 g/mol. The zero-order valence-corrected chi connectivity index (χ0v) is 17.6. The summed E-state index contributed by atoms with van der Waals surface area (Å²) < 4.78 is 5.49. The third-order valence-corrected chi connectivity index (χ3v) is 9.37. The van der Waals surface area contributed by atoms with Gasteiger partial charge in [0.2, 0.25) is 0 Å². The van der Waals surface area contributed by atoms with Gasteiger partial charge >= 0.3 is 5.97 Å². The maximum Gasteiger partial charge on any atom is 0.302 e. The smallest absolute Gasteiger partial charge is 0.302 e. The highest BCUT2D eigenvalue weighted by molar-refractivity contribution is 5.90. The van der Waals surface area contributed by atoms with Crippen molar-refractivity contribution in [2.24, 2.45) is 34.5 Å². The molecule has 0 aromatic rings. The van der Waals surface area contributed by atoms with E-state index in [9.17, 15) is 19.5 Å². The van der Waals surface area contributed by atoms with Crippen molar-refractivity contribution in [1.82, 2.24) is 0 Å². The Hall–Kier alpha value is -1.23. The molecule has 0 bridgehead atoms. The van der Waals surface area contributed by atoms with Crippen LogP contribution in [0.15, 0.2) is 0 Å². The summed E-state index contributed by atoms with van der Waals surface area (Å²) >= 11 is 0. The van der Waals surface area contributed by atoms with Crippen molar-refractivity contribution in [3.63, 3.8) is 0 Å². The Kier molecular flexibility index (Phi) is 4.57. The van der Waals surface area contributed by atoms with Gasteiger partial charge in [0, 0.05) is 24.7 Å². The van der Waals surface area contributed by atoms with Gasteiger partial charge in [0.15, 0.2) is 5.78 Å². The lowest BCUT2D eigenvalue weighted by Crippen LogP contribution is -2.61. The normalized spacial score (nSPS) is 50.3. The average molecular weight is 391 g/mol. The van der Waals surface area contributed by atoms with Crippen LogP contribution in [0.2, 0.25) is 0 Å². The van der Waals surface area contributed by atoms with Gasteiger partial charge in [0.25, 0.3) is 0 Å². The van der Waals surface area contributed by atoms with E-state index >= 15 is 0 Å². The molecule has 1 N–H and O–H groups in total. The summed E-state index contributed by atoms with van der Waals surface area (Å²) in [4.78, 5) is 37.2. The summed E-state index contributed by atoms with van der Waals surface area (Å²) in [6, 6.07) is 0. The Labute approximate surface area is 167 Å². The Bertz CT molecular complexity index is 716. The van der Waals surface area contributed by atoms with Crippen molar-refractivity contribution in [3.05, 3.63) is 0 Å². The second kappa shape index (κ2) is 6.38. The predicted octanol–water partition coefficient (Wildman–Crippen LogP) is 3.46. The molecule has 4 fully saturated rings. The molecule has 0 saturated heterocycles. The topological polar surface area (TPSA) is 80.7 Å². The Morgan fingerprint density at radius 1 is 1.07 bits per heavy atom. The maximum atomic E-state index is 13.5. The second-order valence-corrected chi connectivity index (χ2v) is 10.5. The minimum Gasteiger partial charge on any atom is -0.463 e. The minimum atomic E-state index is -1.36. The van der Waals surface area contributed by atoms with Gasteiger partial charge in [-0.15, -0.1) is 0 Å². The largest absolute Gasteiger partial charge is 0.463 e. The first-order valence-corrected chi connectivity index (χ1v) is 11.0. The van der Waals surface area contributed by atoms with Crippen molar-refractivity contribution in [2.45, 2.75) is 90.8 Å². The fourth-order valence-corrected chi connectivity index (χ4v) is 7.96. The molecule has 0 heterocycles. The lowest BCUT2D eigenvalue weighted by molar-refractivity contribution is -0.181. The molecular weight excluding hydrogens is 356 g/mol. The Morgan fingerprint density at radius 3 is 2.43 bits per heavy atom. The summed E-state index contributed by atoms with van der Waals surface area (Å²) in [6.07, 6.45) is 6.19. The fourth-order valence-electron chi connectivity index (χ4n) is 7.96. The van der Waals surface area contributed by atoms with Gasteiger partial charge in [-0.3, -0.25) is 14.4 Å². The summed E-state index contributed by atoms with van der Waals surface area (Å²) in [7, 11) is 0. The first-order valence-electron chi connectivity index (χ1n) is 11.0. The third kappa shape index (κ3) is 2.57. The third-order valence-electron chi connectivity index (χ3n) is 9.37. The number of ketones is 2. The molecule has 156 valence electrons.